The zero-order chi connectivity index (χ0) is 8.86. The van der Waals surface area contributed by atoms with E-state index in [2.05, 4.69) is 15.9 Å². The molecule has 1 saturated heterocycles. The van der Waals surface area contributed by atoms with Crippen molar-refractivity contribution in [2.75, 3.05) is 25.7 Å². The Morgan fingerprint density at radius 3 is 2.83 bits per heavy atom. The van der Waals surface area contributed by atoms with Gasteiger partial charge in [-0.3, -0.25) is 0 Å². The van der Waals surface area contributed by atoms with Gasteiger partial charge in [0.15, 0.2) is 0 Å². The van der Waals surface area contributed by atoms with Crippen molar-refractivity contribution >= 4 is 15.9 Å². The Morgan fingerprint density at radius 2 is 2.33 bits per heavy atom. The summed E-state index contributed by atoms with van der Waals surface area (Å²) < 4.78 is 10.9. The normalized spacial score (nSPS) is 30.5. The standard InChI is InChI=1S/C9H17BrO2/c1-11-7-5-9(8-10)4-2-3-6-12-9/h2-8H2,1H3. The molecule has 0 N–H and O–H groups in total. The van der Waals surface area contributed by atoms with Crippen molar-refractivity contribution in [3.63, 3.8) is 0 Å². The lowest BCUT2D eigenvalue weighted by Crippen LogP contribution is -2.39. The molecule has 2 nitrogen and oxygen atoms in total. The van der Waals surface area contributed by atoms with Crippen LogP contribution >= 0.6 is 15.9 Å². The molecule has 3 heteroatoms. The molecule has 0 bridgehead atoms. The Morgan fingerprint density at radius 1 is 1.50 bits per heavy atom. The first-order valence-corrected chi connectivity index (χ1v) is 5.64. The molecule has 72 valence electrons. The van der Waals surface area contributed by atoms with E-state index in [-0.39, 0.29) is 5.60 Å². The molecule has 1 atom stereocenters. The van der Waals surface area contributed by atoms with Gasteiger partial charge in [0.1, 0.15) is 0 Å². The third-order valence-electron chi connectivity index (χ3n) is 2.44. The molecule has 0 aliphatic carbocycles. The average molecular weight is 237 g/mol. The van der Waals surface area contributed by atoms with E-state index in [1.165, 1.54) is 19.3 Å². The van der Waals surface area contributed by atoms with Gasteiger partial charge in [-0.15, -0.1) is 0 Å². The van der Waals surface area contributed by atoms with E-state index in [1.807, 2.05) is 0 Å². The molecule has 1 heterocycles. The Labute approximate surface area is 82.7 Å². The van der Waals surface area contributed by atoms with E-state index in [0.717, 1.165) is 25.0 Å². The number of methoxy groups -OCH3 is 1. The summed E-state index contributed by atoms with van der Waals surface area (Å²) in [7, 11) is 1.74. The van der Waals surface area contributed by atoms with Gasteiger partial charge in [0.25, 0.3) is 0 Å². The minimum Gasteiger partial charge on any atom is -0.385 e. The topological polar surface area (TPSA) is 18.5 Å². The van der Waals surface area contributed by atoms with E-state index >= 15 is 0 Å². The first-order valence-electron chi connectivity index (χ1n) is 4.52. The molecule has 0 spiro atoms. The number of halogens is 1. The Hall–Kier alpha value is 0.400. The average Bonchev–Trinajstić information content (AvgIpc) is 2.16. The molecule has 0 radical (unpaired) electrons. The summed E-state index contributed by atoms with van der Waals surface area (Å²) in [5.74, 6) is 0. The molecular formula is C9H17BrO2. The lowest BCUT2D eigenvalue weighted by atomic mass is 9.93. The summed E-state index contributed by atoms with van der Waals surface area (Å²) in [6, 6.07) is 0. The summed E-state index contributed by atoms with van der Waals surface area (Å²) in [5, 5.41) is 0.934. The van der Waals surface area contributed by atoms with Gasteiger partial charge >= 0.3 is 0 Å². The lowest BCUT2D eigenvalue weighted by Gasteiger charge is -2.35. The monoisotopic (exact) mass is 236 g/mol. The maximum atomic E-state index is 5.79. The van der Waals surface area contributed by atoms with E-state index in [0.29, 0.717) is 0 Å². The molecule has 1 fully saturated rings. The van der Waals surface area contributed by atoms with Crippen molar-refractivity contribution in [1.29, 1.82) is 0 Å². The predicted octanol–water partition coefficient (Wildman–Crippen LogP) is 2.36. The van der Waals surface area contributed by atoms with Crippen LogP contribution in [0.4, 0.5) is 0 Å². The van der Waals surface area contributed by atoms with Crippen LogP contribution in [-0.2, 0) is 9.47 Å². The SMILES string of the molecule is COCCC1(CBr)CCCCO1. The largest absolute Gasteiger partial charge is 0.385 e. The van der Waals surface area contributed by atoms with Gasteiger partial charge in [-0.1, -0.05) is 15.9 Å². The maximum absolute atomic E-state index is 5.79. The second-order valence-electron chi connectivity index (χ2n) is 3.37. The summed E-state index contributed by atoms with van der Waals surface area (Å²) in [4.78, 5) is 0. The minimum atomic E-state index is 0.0637. The molecule has 1 aliphatic heterocycles. The van der Waals surface area contributed by atoms with Crippen LogP contribution in [0.3, 0.4) is 0 Å². The van der Waals surface area contributed by atoms with Crippen molar-refractivity contribution < 1.29 is 9.47 Å². The Kier molecular flexibility index (Phi) is 4.54. The van der Waals surface area contributed by atoms with Crippen molar-refractivity contribution in [1.82, 2.24) is 0 Å². The molecule has 12 heavy (non-hydrogen) atoms. The highest BCUT2D eigenvalue weighted by molar-refractivity contribution is 9.09. The van der Waals surface area contributed by atoms with E-state index < -0.39 is 0 Å². The molecule has 0 aromatic carbocycles. The molecule has 0 aromatic heterocycles. The number of rotatable bonds is 4. The smallest absolute Gasteiger partial charge is 0.0800 e. The summed E-state index contributed by atoms with van der Waals surface area (Å²) in [6.07, 6.45) is 4.67. The molecule has 0 aromatic rings. The highest BCUT2D eigenvalue weighted by Crippen LogP contribution is 2.29. The molecule has 0 amide bonds. The van der Waals surface area contributed by atoms with Gasteiger partial charge in [-0.05, 0) is 19.3 Å². The fraction of sp³-hybridized carbons (Fsp3) is 1.00. The third kappa shape index (κ3) is 2.71. The fourth-order valence-corrected chi connectivity index (χ4v) is 2.29. The first kappa shape index (κ1) is 10.5. The van der Waals surface area contributed by atoms with Crippen molar-refractivity contribution in [2.45, 2.75) is 31.3 Å². The van der Waals surface area contributed by atoms with Crippen LogP contribution in [0, 0.1) is 0 Å². The van der Waals surface area contributed by atoms with E-state index in [9.17, 15) is 0 Å². The lowest BCUT2D eigenvalue weighted by molar-refractivity contribution is -0.0753. The third-order valence-corrected chi connectivity index (χ3v) is 3.46. The van der Waals surface area contributed by atoms with Crippen LogP contribution in [0.25, 0.3) is 0 Å². The number of hydrogen-bond acceptors (Lipinski definition) is 2. The van der Waals surface area contributed by atoms with Crippen LogP contribution < -0.4 is 0 Å². The van der Waals surface area contributed by atoms with Crippen LogP contribution in [0.15, 0.2) is 0 Å². The number of ether oxygens (including phenoxy) is 2. The number of alkyl halides is 1. The van der Waals surface area contributed by atoms with Gasteiger partial charge in [-0.2, -0.15) is 0 Å². The molecular weight excluding hydrogens is 220 g/mol. The highest BCUT2D eigenvalue weighted by atomic mass is 79.9. The number of hydrogen-bond donors (Lipinski definition) is 0. The van der Waals surface area contributed by atoms with Crippen LogP contribution in [-0.4, -0.2) is 31.3 Å². The second-order valence-corrected chi connectivity index (χ2v) is 3.93. The predicted molar refractivity (Wildman–Crippen MR) is 52.8 cm³/mol. The van der Waals surface area contributed by atoms with Crippen LogP contribution in [0.2, 0.25) is 0 Å². The van der Waals surface area contributed by atoms with E-state index in [1.54, 1.807) is 7.11 Å². The van der Waals surface area contributed by atoms with Gasteiger partial charge < -0.3 is 9.47 Å². The van der Waals surface area contributed by atoms with Gasteiger partial charge in [0.05, 0.1) is 5.60 Å². The zero-order valence-corrected chi connectivity index (χ0v) is 9.23. The van der Waals surface area contributed by atoms with Gasteiger partial charge in [0, 0.05) is 32.1 Å². The Bertz CT molecular complexity index is 122. The zero-order valence-electron chi connectivity index (χ0n) is 7.64. The van der Waals surface area contributed by atoms with E-state index in [4.69, 9.17) is 9.47 Å². The summed E-state index contributed by atoms with van der Waals surface area (Å²) >= 11 is 3.52. The van der Waals surface area contributed by atoms with Crippen LogP contribution in [0.5, 0.6) is 0 Å². The minimum absolute atomic E-state index is 0.0637. The molecule has 1 unspecified atom stereocenters. The quantitative estimate of drug-likeness (QED) is 0.699. The van der Waals surface area contributed by atoms with Crippen molar-refractivity contribution in [3.8, 4) is 0 Å². The van der Waals surface area contributed by atoms with Crippen molar-refractivity contribution in [3.05, 3.63) is 0 Å². The molecule has 1 aliphatic rings. The van der Waals surface area contributed by atoms with Gasteiger partial charge in [0.2, 0.25) is 0 Å². The highest BCUT2D eigenvalue weighted by Gasteiger charge is 2.31. The molecule has 1 rings (SSSR count). The molecule has 0 saturated carbocycles. The van der Waals surface area contributed by atoms with Gasteiger partial charge in [-0.25, -0.2) is 0 Å². The second kappa shape index (κ2) is 5.20. The Balaban J connectivity index is 2.37. The summed E-state index contributed by atoms with van der Waals surface area (Å²) in [5.41, 5.74) is 0.0637. The van der Waals surface area contributed by atoms with Crippen molar-refractivity contribution in [2.24, 2.45) is 0 Å². The summed E-state index contributed by atoms with van der Waals surface area (Å²) in [6.45, 7) is 1.71. The fourth-order valence-electron chi connectivity index (χ4n) is 1.57. The van der Waals surface area contributed by atoms with Crippen LogP contribution in [0.1, 0.15) is 25.7 Å². The maximum Gasteiger partial charge on any atom is 0.0800 e. The first-order chi connectivity index (χ1) is 5.83.